The van der Waals surface area contributed by atoms with Crippen LogP contribution in [0.2, 0.25) is 0 Å². The molecule has 6 nitrogen and oxygen atoms in total. The summed E-state index contributed by atoms with van der Waals surface area (Å²) in [5.41, 5.74) is 0.584. The number of aryl methyl sites for hydroxylation is 1. The summed E-state index contributed by atoms with van der Waals surface area (Å²) in [4.78, 5) is 0.168. The molecule has 0 saturated carbocycles. The van der Waals surface area contributed by atoms with E-state index in [-0.39, 0.29) is 10.9 Å². The van der Waals surface area contributed by atoms with E-state index in [9.17, 15) is 8.42 Å². The van der Waals surface area contributed by atoms with E-state index in [1.54, 1.807) is 32.2 Å². The molecule has 23 heavy (non-hydrogen) atoms. The van der Waals surface area contributed by atoms with Crippen LogP contribution in [0.3, 0.4) is 0 Å². The number of ether oxygens (including phenoxy) is 2. The summed E-state index contributed by atoms with van der Waals surface area (Å²) < 4.78 is 43.5. The van der Waals surface area contributed by atoms with E-state index in [1.165, 1.54) is 20.3 Å². The van der Waals surface area contributed by atoms with Gasteiger partial charge in [-0.3, -0.25) is 0 Å². The lowest BCUT2D eigenvalue weighted by Gasteiger charge is -2.16. The fourth-order valence-corrected chi connectivity index (χ4v) is 3.84. The number of hydrogen-bond donors (Lipinski definition) is 1. The fourth-order valence-electron chi connectivity index (χ4n) is 2.35. The molecule has 1 heterocycles. The molecule has 7 heteroatoms. The Hall–Kier alpha value is -1.99. The Bertz CT molecular complexity index is 753. The Labute approximate surface area is 136 Å². The minimum atomic E-state index is -3.68. The largest absolute Gasteiger partial charge is 0.493 e. The molecule has 0 saturated heterocycles. The zero-order valence-corrected chi connectivity index (χ0v) is 14.4. The topological polar surface area (TPSA) is 77.8 Å². The van der Waals surface area contributed by atoms with Gasteiger partial charge in [-0.15, -0.1) is 0 Å². The number of furan rings is 1. The molecule has 0 unspecified atom stereocenters. The van der Waals surface area contributed by atoms with Crippen molar-refractivity contribution in [3.05, 3.63) is 41.9 Å². The maximum Gasteiger partial charge on any atom is 0.241 e. The van der Waals surface area contributed by atoms with E-state index in [0.29, 0.717) is 23.5 Å². The van der Waals surface area contributed by atoms with Crippen LogP contribution in [-0.4, -0.2) is 28.7 Å². The highest BCUT2D eigenvalue weighted by atomic mass is 32.2. The molecule has 0 amide bonds. The van der Waals surface area contributed by atoms with E-state index in [4.69, 9.17) is 13.9 Å². The van der Waals surface area contributed by atoms with Gasteiger partial charge < -0.3 is 13.9 Å². The van der Waals surface area contributed by atoms with Crippen LogP contribution < -0.4 is 14.2 Å². The monoisotopic (exact) mass is 339 g/mol. The SMILES string of the molecule is COc1cc(C)c(S(=O)(=O)N[C@@H](C)Cc2ccco2)cc1OC. The van der Waals surface area contributed by atoms with Crippen LogP contribution in [0.5, 0.6) is 11.5 Å². The summed E-state index contributed by atoms with van der Waals surface area (Å²) in [5, 5.41) is 0. The first-order valence-corrected chi connectivity index (χ1v) is 8.63. The average molecular weight is 339 g/mol. The number of nitrogens with one attached hydrogen (secondary N) is 1. The molecule has 0 fully saturated rings. The highest BCUT2D eigenvalue weighted by Gasteiger charge is 2.22. The smallest absolute Gasteiger partial charge is 0.241 e. The third-order valence-electron chi connectivity index (χ3n) is 3.41. The van der Waals surface area contributed by atoms with Gasteiger partial charge in [0.05, 0.1) is 25.4 Å². The standard InChI is InChI=1S/C16H21NO5S/c1-11-8-14(20-3)15(21-4)10-16(11)23(18,19)17-12(2)9-13-6-5-7-22-13/h5-8,10,12,17H,9H2,1-4H3/t12-/m0/s1. The van der Waals surface area contributed by atoms with Gasteiger partial charge in [0.15, 0.2) is 11.5 Å². The summed E-state index contributed by atoms with van der Waals surface area (Å²) >= 11 is 0. The van der Waals surface area contributed by atoms with E-state index < -0.39 is 10.0 Å². The molecule has 0 spiro atoms. The third-order valence-corrected chi connectivity index (χ3v) is 5.15. The van der Waals surface area contributed by atoms with Crippen LogP contribution in [0.25, 0.3) is 0 Å². The molecule has 1 N–H and O–H groups in total. The van der Waals surface area contributed by atoms with Gasteiger partial charge in [0, 0.05) is 18.5 Å². The summed E-state index contributed by atoms with van der Waals surface area (Å²) in [6.07, 6.45) is 2.04. The first-order chi connectivity index (χ1) is 10.9. The van der Waals surface area contributed by atoms with E-state index in [1.807, 2.05) is 6.07 Å². The summed E-state index contributed by atoms with van der Waals surface area (Å²) in [6.45, 7) is 3.50. The normalized spacial score (nSPS) is 12.9. The Morgan fingerprint density at radius 2 is 1.87 bits per heavy atom. The maximum absolute atomic E-state index is 12.6. The molecule has 0 bridgehead atoms. The molecule has 0 aliphatic rings. The van der Waals surface area contributed by atoms with E-state index in [0.717, 1.165) is 5.76 Å². The Morgan fingerprint density at radius 1 is 1.22 bits per heavy atom. The Kier molecular flexibility index (Phi) is 5.33. The van der Waals surface area contributed by atoms with Crippen molar-refractivity contribution in [2.75, 3.05) is 14.2 Å². The second-order valence-electron chi connectivity index (χ2n) is 5.28. The number of benzene rings is 1. The van der Waals surface area contributed by atoms with Crippen molar-refractivity contribution >= 4 is 10.0 Å². The first kappa shape index (κ1) is 17.4. The Morgan fingerprint density at radius 3 is 2.43 bits per heavy atom. The molecular weight excluding hydrogens is 318 g/mol. The fraction of sp³-hybridized carbons (Fsp3) is 0.375. The van der Waals surface area contributed by atoms with Gasteiger partial charge in [-0.2, -0.15) is 0 Å². The zero-order chi connectivity index (χ0) is 17.0. The van der Waals surface area contributed by atoms with Crippen molar-refractivity contribution in [1.29, 1.82) is 0 Å². The number of sulfonamides is 1. The maximum atomic E-state index is 12.6. The van der Waals surface area contributed by atoms with Crippen LogP contribution in [0, 0.1) is 6.92 Å². The van der Waals surface area contributed by atoms with Crippen LogP contribution in [0.1, 0.15) is 18.2 Å². The molecule has 0 aliphatic carbocycles. The minimum absolute atomic E-state index is 0.168. The van der Waals surface area contributed by atoms with Gasteiger partial charge in [0.2, 0.25) is 10.0 Å². The van der Waals surface area contributed by atoms with Crippen molar-refractivity contribution in [2.24, 2.45) is 0 Å². The van der Waals surface area contributed by atoms with Gasteiger partial charge in [-0.1, -0.05) is 0 Å². The predicted octanol–water partition coefficient (Wildman–Crippen LogP) is 2.51. The molecule has 0 radical (unpaired) electrons. The minimum Gasteiger partial charge on any atom is -0.493 e. The molecule has 0 aliphatic heterocycles. The van der Waals surface area contributed by atoms with Gasteiger partial charge in [-0.05, 0) is 37.6 Å². The van der Waals surface area contributed by atoms with Gasteiger partial charge in [-0.25, -0.2) is 13.1 Å². The van der Waals surface area contributed by atoms with E-state index >= 15 is 0 Å². The quantitative estimate of drug-likeness (QED) is 0.839. The van der Waals surface area contributed by atoms with E-state index in [2.05, 4.69) is 4.72 Å². The first-order valence-electron chi connectivity index (χ1n) is 7.14. The van der Waals surface area contributed by atoms with Gasteiger partial charge in [0.25, 0.3) is 0 Å². The Balaban J connectivity index is 2.25. The molecule has 1 atom stereocenters. The molecule has 2 aromatic rings. The lowest BCUT2D eigenvalue weighted by Crippen LogP contribution is -2.34. The summed E-state index contributed by atoms with van der Waals surface area (Å²) in [7, 11) is -0.700. The van der Waals surface area contributed by atoms with Crippen molar-refractivity contribution < 1.29 is 22.3 Å². The lowest BCUT2D eigenvalue weighted by atomic mass is 10.2. The predicted molar refractivity (Wildman–Crippen MR) is 86.5 cm³/mol. The second-order valence-corrected chi connectivity index (χ2v) is 6.96. The molecule has 1 aromatic heterocycles. The number of rotatable bonds is 7. The molecule has 2 rings (SSSR count). The van der Waals surface area contributed by atoms with Crippen molar-refractivity contribution in [1.82, 2.24) is 4.72 Å². The highest BCUT2D eigenvalue weighted by molar-refractivity contribution is 7.89. The number of methoxy groups -OCH3 is 2. The lowest BCUT2D eigenvalue weighted by molar-refractivity contribution is 0.353. The molecule has 126 valence electrons. The van der Waals surface area contributed by atoms with Crippen molar-refractivity contribution in [2.45, 2.75) is 31.2 Å². The summed E-state index contributed by atoms with van der Waals surface area (Å²) in [6, 6.07) is 6.39. The van der Waals surface area contributed by atoms with Crippen LogP contribution in [0.15, 0.2) is 39.8 Å². The van der Waals surface area contributed by atoms with Crippen LogP contribution in [-0.2, 0) is 16.4 Å². The molecule has 1 aromatic carbocycles. The zero-order valence-electron chi connectivity index (χ0n) is 13.6. The van der Waals surface area contributed by atoms with Crippen molar-refractivity contribution in [3.63, 3.8) is 0 Å². The van der Waals surface area contributed by atoms with Gasteiger partial charge in [0.1, 0.15) is 5.76 Å². The second kappa shape index (κ2) is 7.06. The summed E-state index contributed by atoms with van der Waals surface area (Å²) in [5.74, 6) is 1.59. The molecular formula is C16H21NO5S. The third kappa shape index (κ3) is 4.05. The van der Waals surface area contributed by atoms with Crippen LogP contribution in [0.4, 0.5) is 0 Å². The van der Waals surface area contributed by atoms with Crippen molar-refractivity contribution in [3.8, 4) is 11.5 Å². The highest BCUT2D eigenvalue weighted by Crippen LogP contribution is 2.32. The van der Waals surface area contributed by atoms with Crippen LogP contribution >= 0.6 is 0 Å². The van der Waals surface area contributed by atoms with Gasteiger partial charge >= 0.3 is 0 Å². The average Bonchev–Trinajstić information content (AvgIpc) is 2.98. The number of hydrogen-bond acceptors (Lipinski definition) is 5.